The molecule has 1 aromatic carbocycles. The van der Waals surface area contributed by atoms with Crippen molar-refractivity contribution in [3.8, 4) is 0 Å². The summed E-state index contributed by atoms with van der Waals surface area (Å²) in [6, 6.07) is 6.41. The van der Waals surface area contributed by atoms with Crippen molar-refractivity contribution in [1.29, 1.82) is 0 Å². The summed E-state index contributed by atoms with van der Waals surface area (Å²) in [5.74, 6) is -2.77. The van der Waals surface area contributed by atoms with Crippen LogP contribution in [0.25, 0.3) is 0 Å². The topological polar surface area (TPSA) is 228 Å². The van der Waals surface area contributed by atoms with Crippen LogP contribution >= 0.6 is 0 Å². The van der Waals surface area contributed by atoms with E-state index in [2.05, 4.69) is 15.2 Å². The number of likely N-dealkylation sites (N-methyl/N-ethyl adjacent to an activating group) is 2. The Hall–Kier alpha value is -2.98. The van der Waals surface area contributed by atoms with Crippen LogP contribution in [-0.4, -0.2) is 187 Å². The van der Waals surface area contributed by atoms with Crippen LogP contribution in [-0.2, 0) is 46.2 Å². The Balaban J connectivity index is 1.44. The minimum atomic E-state index is -1.84. The molecule has 3 fully saturated rings. The smallest absolute Gasteiger partial charge is 0.311 e. The summed E-state index contributed by atoms with van der Waals surface area (Å²) in [6.45, 7) is 20.5. The summed E-state index contributed by atoms with van der Waals surface area (Å²) in [7, 11) is 5.27. The largest absolute Gasteiger partial charge is 0.459 e. The summed E-state index contributed by atoms with van der Waals surface area (Å²) in [6.07, 6.45) is -6.61. The van der Waals surface area contributed by atoms with Crippen LogP contribution in [0.5, 0.6) is 0 Å². The van der Waals surface area contributed by atoms with Gasteiger partial charge in [0.15, 0.2) is 18.4 Å². The highest BCUT2D eigenvalue weighted by Gasteiger charge is 2.53. The van der Waals surface area contributed by atoms with Crippen molar-refractivity contribution in [2.45, 2.75) is 205 Å². The Morgan fingerprint density at radius 1 is 0.971 bits per heavy atom. The summed E-state index contributed by atoms with van der Waals surface area (Å²) in [5, 5.41) is 68.3. The van der Waals surface area contributed by atoms with Crippen LogP contribution in [0.2, 0.25) is 0 Å². The molecule has 3 aliphatic rings. The van der Waals surface area contributed by atoms with E-state index in [4.69, 9.17) is 28.4 Å². The van der Waals surface area contributed by atoms with Crippen LogP contribution in [0.3, 0.4) is 0 Å². The van der Waals surface area contributed by atoms with Gasteiger partial charge in [0.1, 0.15) is 30.0 Å². The number of Topliss-reactive ketones (excluding diaryl/α,β-unsaturated/α-hetero) is 1. The molecule has 4 heterocycles. The van der Waals surface area contributed by atoms with E-state index in [-0.39, 0.29) is 37.1 Å². The molecular weight excluding hydrogens is 879 g/mol. The lowest BCUT2D eigenvalue weighted by Gasteiger charge is -2.49. The Labute approximate surface area is 403 Å². The highest BCUT2D eigenvalue weighted by Crippen LogP contribution is 2.40. The highest BCUT2D eigenvalue weighted by atomic mass is 16.7. The lowest BCUT2D eigenvalue weighted by molar-refractivity contribution is -0.318. The van der Waals surface area contributed by atoms with E-state index in [0.717, 1.165) is 11.3 Å². The number of carbonyl (C=O) groups is 2. The summed E-state index contributed by atoms with van der Waals surface area (Å²) in [5.41, 5.74) is -2.12. The van der Waals surface area contributed by atoms with Gasteiger partial charge >= 0.3 is 5.97 Å². The van der Waals surface area contributed by atoms with Crippen LogP contribution in [0.4, 0.5) is 0 Å². The predicted molar refractivity (Wildman–Crippen MR) is 252 cm³/mol. The number of carbonyl (C=O) groups excluding carboxylic acids is 2. The monoisotopic (exact) mass is 962 g/mol. The number of aliphatic hydroxyl groups excluding tert-OH is 3. The van der Waals surface area contributed by atoms with Gasteiger partial charge < -0.3 is 63.8 Å². The second-order valence-electron chi connectivity index (χ2n) is 21.1. The molecule has 5 rings (SSSR count). The number of cyclic esters (lactones) is 1. The van der Waals surface area contributed by atoms with E-state index in [1.165, 1.54) is 21.0 Å². The van der Waals surface area contributed by atoms with E-state index in [1.807, 2.05) is 58.1 Å². The zero-order valence-electron chi connectivity index (χ0n) is 42.9. The number of rotatable bonds is 13. The number of methoxy groups -OCH3 is 1. The van der Waals surface area contributed by atoms with Gasteiger partial charge in [-0.25, -0.2) is 4.68 Å². The summed E-state index contributed by atoms with van der Waals surface area (Å²) >= 11 is 0. The minimum absolute atomic E-state index is 0.00661. The van der Waals surface area contributed by atoms with E-state index in [9.17, 15) is 35.1 Å². The molecular formula is C50H83N5O13. The fourth-order valence-corrected chi connectivity index (χ4v) is 10.7. The number of ether oxygens (including phenoxy) is 6. The van der Waals surface area contributed by atoms with Gasteiger partial charge in [0.25, 0.3) is 0 Å². The highest BCUT2D eigenvalue weighted by molar-refractivity contribution is 5.94. The molecule has 0 unspecified atom stereocenters. The second-order valence-corrected chi connectivity index (χ2v) is 21.1. The van der Waals surface area contributed by atoms with Gasteiger partial charge in [0.2, 0.25) is 0 Å². The zero-order chi connectivity index (χ0) is 50.6. The van der Waals surface area contributed by atoms with Crippen LogP contribution in [0, 0.1) is 17.8 Å². The maximum Gasteiger partial charge on any atom is 0.311 e. The first-order valence-electron chi connectivity index (χ1n) is 24.5. The van der Waals surface area contributed by atoms with Gasteiger partial charge in [-0.3, -0.25) is 9.59 Å². The average molecular weight is 962 g/mol. The molecule has 0 amide bonds. The van der Waals surface area contributed by atoms with E-state index in [1.54, 1.807) is 58.4 Å². The normalized spacial score (nSPS) is 40.6. The van der Waals surface area contributed by atoms with E-state index in [0.29, 0.717) is 38.0 Å². The maximum atomic E-state index is 14.5. The molecule has 18 atom stereocenters. The van der Waals surface area contributed by atoms with Crippen LogP contribution < -0.4 is 0 Å². The van der Waals surface area contributed by atoms with Gasteiger partial charge in [-0.15, -0.1) is 5.10 Å². The van der Waals surface area contributed by atoms with E-state index < -0.39 is 102 Å². The Morgan fingerprint density at radius 3 is 2.25 bits per heavy atom. The number of aromatic nitrogens is 3. The predicted octanol–water partition coefficient (Wildman–Crippen LogP) is 3.36. The first kappa shape index (κ1) is 55.9. The van der Waals surface area contributed by atoms with E-state index >= 15 is 0 Å². The first-order valence-corrected chi connectivity index (χ1v) is 24.5. The molecule has 1 aromatic heterocycles. The Kier molecular flexibility index (Phi) is 19.0. The minimum Gasteiger partial charge on any atom is -0.459 e. The molecule has 0 radical (unpaired) electrons. The zero-order valence-corrected chi connectivity index (χ0v) is 42.9. The molecule has 2 aromatic rings. The Bertz CT molecular complexity index is 1930. The molecule has 0 saturated carbocycles. The number of esters is 1. The standard InChI is InChI=1S/C50H83N5O13/c1-15-39-50(11,62)43(58)32(6)54(13)25-28(2)23-48(9,61)45(30(4)42(31(5)46(60)66-39)67-40-24-49(10,63-14)44(59)34(8)65-40)68-47-41(57)38(22-29(3)64-47)53(12)21-20-37-27-55(52-51-37)26-35-16-18-36(19-17-35)33(7)56/h16-19,27-32,34,38-45,47,57-59,61-62H,15,20-26H2,1-14H3/t28-,29-,30+,31-,32-,34+,38+,39-,40+,41-,42+,43-,44+,45-,47+,48-,49-,50-/m1/s1. The molecule has 18 nitrogen and oxygen atoms in total. The third-order valence-corrected chi connectivity index (χ3v) is 15.1. The number of ketones is 1. The molecule has 18 heteroatoms. The van der Waals surface area contributed by atoms with Gasteiger partial charge in [-0.2, -0.15) is 0 Å². The van der Waals surface area contributed by atoms with Crippen molar-refractivity contribution in [3.63, 3.8) is 0 Å². The Morgan fingerprint density at radius 2 is 1.63 bits per heavy atom. The van der Waals surface area contributed by atoms with Crippen molar-refractivity contribution in [1.82, 2.24) is 24.8 Å². The summed E-state index contributed by atoms with van der Waals surface area (Å²) < 4.78 is 40.0. The van der Waals surface area contributed by atoms with Crippen molar-refractivity contribution >= 4 is 11.8 Å². The number of benzene rings is 1. The number of aliphatic hydroxyl groups is 5. The maximum absolute atomic E-state index is 14.5. The van der Waals surface area contributed by atoms with Crippen molar-refractivity contribution < 1.29 is 63.5 Å². The molecule has 0 bridgehead atoms. The molecule has 5 N–H and O–H groups in total. The fraction of sp³-hybridized carbons (Fsp3) is 0.800. The van der Waals surface area contributed by atoms with Crippen LogP contribution in [0.15, 0.2) is 30.5 Å². The van der Waals surface area contributed by atoms with Crippen molar-refractivity contribution in [2.24, 2.45) is 17.8 Å². The SMILES string of the molecule is CC[C@H]1OC(=O)[C@H](C)[C@@H](O[C@H]2C[C@@](C)(OC)[C@@H](O)[C@H](C)O2)[C@H](C)[C@@H](O[C@@H]2O[C@H](C)C[C@H](N(C)CCc3cn(Cc4ccc(C(C)=O)cc4)nn3)[C@H]2O)[C@](C)(O)C[C@@H](C)CN(C)[C@H](C)[C@@H](O)[C@]1(C)O. The van der Waals surface area contributed by atoms with Gasteiger partial charge in [0, 0.05) is 62.8 Å². The lowest BCUT2D eigenvalue weighted by atomic mass is 9.77. The molecule has 0 spiro atoms. The van der Waals surface area contributed by atoms with Gasteiger partial charge in [0.05, 0.1) is 53.8 Å². The molecule has 0 aliphatic carbocycles. The number of nitrogens with zero attached hydrogens (tertiary/aromatic N) is 5. The van der Waals surface area contributed by atoms with Gasteiger partial charge in [-0.05, 0) is 100 Å². The quantitative estimate of drug-likeness (QED) is 0.143. The third kappa shape index (κ3) is 13.1. The first-order chi connectivity index (χ1) is 31.7. The van der Waals surface area contributed by atoms with Crippen molar-refractivity contribution in [2.75, 3.05) is 34.3 Å². The third-order valence-electron chi connectivity index (χ3n) is 15.1. The molecule has 68 heavy (non-hydrogen) atoms. The van der Waals surface area contributed by atoms with Gasteiger partial charge in [-0.1, -0.05) is 50.3 Å². The molecule has 3 saturated heterocycles. The number of hydrogen-bond donors (Lipinski definition) is 5. The molecule has 386 valence electrons. The lowest BCUT2D eigenvalue weighted by Crippen LogP contribution is -2.61. The fourth-order valence-electron chi connectivity index (χ4n) is 10.7. The molecule has 3 aliphatic heterocycles. The van der Waals surface area contributed by atoms with Crippen molar-refractivity contribution in [3.05, 3.63) is 47.3 Å². The average Bonchev–Trinajstić information content (AvgIpc) is 3.73. The number of hydrogen-bond acceptors (Lipinski definition) is 17. The summed E-state index contributed by atoms with van der Waals surface area (Å²) in [4.78, 5) is 30.1. The second kappa shape index (κ2) is 23.1. The van der Waals surface area contributed by atoms with Crippen LogP contribution in [0.1, 0.15) is 123 Å².